The van der Waals surface area contributed by atoms with E-state index in [9.17, 15) is 14.0 Å². The minimum Gasteiger partial charge on any atom is -0.352 e. The van der Waals surface area contributed by atoms with Crippen molar-refractivity contribution in [1.29, 1.82) is 0 Å². The highest BCUT2D eigenvalue weighted by molar-refractivity contribution is 5.95. The lowest BCUT2D eigenvalue weighted by molar-refractivity contribution is 0.0940. The largest absolute Gasteiger partial charge is 0.352 e. The molecule has 6 heteroatoms. The van der Waals surface area contributed by atoms with Gasteiger partial charge in [-0.1, -0.05) is 24.3 Å². The maximum atomic E-state index is 13.5. The molecule has 0 radical (unpaired) electrons. The molecule has 2 aromatic rings. The van der Waals surface area contributed by atoms with Gasteiger partial charge in [0.1, 0.15) is 5.82 Å². The van der Waals surface area contributed by atoms with Crippen molar-refractivity contribution in [2.75, 3.05) is 13.1 Å². The topological polar surface area (TPSA) is 84.2 Å². The summed E-state index contributed by atoms with van der Waals surface area (Å²) in [6.07, 6.45) is 0.728. The zero-order valence-corrected chi connectivity index (χ0v) is 13.2. The first-order chi connectivity index (χ1) is 11.6. The van der Waals surface area contributed by atoms with Crippen LogP contribution >= 0.6 is 0 Å². The quantitative estimate of drug-likeness (QED) is 0.678. The van der Waals surface area contributed by atoms with Crippen LogP contribution in [0.3, 0.4) is 0 Å². The Morgan fingerprint density at radius 2 is 1.67 bits per heavy atom. The van der Waals surface area contributed by atoms with Crippen molar-refractivity contribution in [3.63, 3.8) is 0 Å². The maximum absolute atomic E-state index is 13.5. The molecule has 0 fully saturated rings. The summed E-state index contributed by atoms with van der Waals surface area (Å²) in [5.41, 5.74) is 6.74. The predicted octanol–water partition coefficient (Wildman–Crippen LogP) is 1.83. The van der Waals surface area contributed by atoms with Gasteiger partial charge >= 0.3 is 0 Å². The highest BCUT2D eigenvalue weighted by atomic mass is 19.1. The number of halogens is 1. The average molecular weight is 329 g/mol. The van der Waals surface area contributed by atoms with Crippen molar-refractivity contribution in [2.45, 2.75) is 13.0 Å². The van der Waals surface area contributed by atoms with Crippen LogP contribution in [0.1, 0.15) is 32.7 Å². The third-order valence-corrected chi connectivity index (χ3v) is 3.45. The van der Waals surface area contributed by atoms with Gasteiger partial charge in [0.2, 0.25) is 0 Å². The van der Waals surface area contributed by atoms with E-state index in [0.717, 1.165) is 12.0 Å². The predicted molar refractivity (Wildman–Crippen MR) is 90.0 cm³/mol. The Kier molecular flexibility index (Phi) is 6.45. The summed E-state index contributed by atoms with van der Waals surface area (Å²) in [6.45, 7) is 1.32. The van der Waals surface area contributed by atoms with E-state index in [1.807, 2.05) is 0 Å². The van der Waals surface area contributed by atoms with Crippen LogP contribution in [-0.4, -0.2) is 24.9 Å². The van der Waals surface area contributed by atoms with E-state index < -0.39 is 11.7 Å². The molecule has 0 bridgehead atoms. The van der Waals surface area contributed by atoms with Gasteiger partial charge < -0.3 is 16.4 Å². The molecule has 0 heterocycles. The Bertz CT molecular complexity index is 702. The summed E-state index contributed by atoms with van der Waals surface area (Å²) in [5, 5.41) is 5.42. The average Bonchev–Trinajstić information content (AvgIpc) is 2.60. The lowest BCUT2D eigenvalue weighted by atomic mass is 10.1. The Morgan fingerprint density at radius 3 is 2.33 bits per heavy atom. The lowest BCUT2D eigenvalue weighted by Gasteiger charge is -2.08. The number of carbonyl (C=O) groups excluding carboxylic acids is 2. The summed E-state index contributed by atoms with van der Waals surface area (Å²) in [6, 6.07) is 12.7. The molecule has 2 rings (SSSR count). The van der Waals surface area contributed by atoms with E-state index >= 15 is 0 Å². The lowest BCUT2D eigenvalue weighted by Crippen LogP contribution is -2.26. The van der Waals surface area contributed by atoms with Gasteiger partial charge in [-0.25, -0.2) is 4.39 Å². The number of rotatable bonds is 7. The third-order valence-electron chi connectivity index (χ3n) is 3.45. The van der Waals surface area contributed by atoms with Crippen molar-refractivity contribution < 1.29 is 14.0 Å². The monoisotopic (exact) mass is 329 g/mol. The molecule has 0 aliphatic heterocycles. The van der Waals surface area contributed by atoms with Gasteiger partial charge in [-0.15, -0.1) is 0 Å². The van der Waals surface area contributed by atoms with Crippen molar-refractivity contribution in [2.24, 2.45) is 5.73 Å². The van der Waals surface area contributed by atoms with Crippen LogP contribution < -0.4 is 16.4 Å². The van der Waals surface area contributed by atoms with Gasteiger partial charge in [0.15, 0.2) is 0 Å². The fourth-order valence-electron chi connectivity index (χ4n) is 2.10. The highest BCUT2D eigenvalue weighted by Gasteiger charge is 2.10. The number of hydrogen-bond donors (Lipinski definition) is 3. The molecule has 4 N–H and O–H groups in total. The molecule has 0 atom stereocenters. The van der Waals surface area contributed by atoms with Gasteiger partial charge in [0.05, 0.1) is 5.56 Å². The van der Waals surface area contributed by atoms with Crippen molar-refractivity contribution in [3.8, 4) is 0 Å². The summed E-state index contributed by atoms with van der Waals surface area (Å²) in [5.74, 6) is -1.19. The van der Waals surface area contributed by atoms with Gasteiger partial charge in [0.25, 0.3) is 11.8 Å². The molecule has 0 saturated heterocycles. The van der Waals surface area contributed by atoms with Crippen LogP contribution in [0.25, 0.3) is 0 Å². The van der Waals surface area contributed by atoms with Crippen molar-refractivity contribution >= 4 is 11.8 Å². The summed E-state index contributed by atoms with van der Waals surface area (Å²) < 4.78 is 13.5. The second kappa shape index (κ2) is 8.79. The standard InChI is InChI=1S/C18H20FN3O2/c19-16-5-2-1-4-15(16)18(24)22-12-13-6-8-14(9-7-13)17(23)21-11-3-10-20/h1-2,4-9H,3,10-12,20H2,(H,21,23)(H,22,24). The smallest absolute Gasteiger partial charge is 0.254 e. The molecular weight excluding hydrogens is 309 g/mol. The molecular formula is C18H20FN3O2. The summed E-state index contributed by atoms with van der Waals surface area (Å²) >= 11 is 0. The highest BCUT2D eigenvalue weighted by Crippen LogP contribution is 2.08. The zero-order chi connectivity index (χ0) is 17.4. The molecule has 5 nitrogen and oxygen atoms in total. The number of nitrogens with one attached hydrogen (secondary N) is 2. The number of benzene rings is 2. The molecule has 0 aromatic heterocycles. The molecule has 126 valence electrons. The maximum Gasteiger partial charge on any atom is 0.254 e. The minimum atomic E-state index is -0.556. The van der Waals surface area contributed by atoms with Crippen LogP contribution in [0.15, 0.2) is 48.5 Å². The first-order valence-electron chi connectivity index (χ1n) is 7.71. The fraction of sp³-hybridized carbons (Fsp3) is 0.222. The van der Waals surface area contributed by atoms with Gasteiger partial charge in [-0.05, 0) is 42.8 Å². The molecule has 0 aliphatic rings. The van der Waals surface area contributed by atoms with Gasteiger partial charge in [-0.3, -0.25) is 9.59 Å². The third kappa shape index (κ3) is 4.89. The summed E-state index contributed by atoms with van der Waals surface area (Å²) in [7, 11) is 0. The summed E-state index contributed by atoms with van der Waals surface area (Å²) in [4.78, 5) is 23.8. The molecule has 2 amide bonds. The van der Waals surface area contributed by atoms with E-state index in [-0.39, 0.29) is 18.0 Å². The zero-order valence-electron chi connectivity index (χ0n) is 13.2. The Balaban J connectivity index is 1.89. The Hall–Kier alpha value is -2.73. The molecule has 0 saturated carbocycles. The van der Waals surface area contributed by atoms with Crippen molar-refractivity contribution in [3.05, 3.63) is 71.0 Å². The van der Waals surface area contributed by atoms with Crippen LogP contribution in [0.2, 0.25) is 0 Å². The fourth-order valence-corrected chi connectivity index (χ4v) is 2.10. The van der Waals surface area contributed by atoms with Crippen molar-refractivity contribution in [1.82, 2.24) is 10.6 Å². The van der Waals surface area contributed by atoms with E-state index in [1.165, 1.54) is 18.2 Å². The molecule has 0 unspecified atom stereocenters. The number of nitrogens with two attached hydrogens (primary N) is 1. The van der Waals surface area contributed by atoms with E-state index in [1.54, 1.807) is 30.3 Å². The van der Waals surface area contributed by atoms with Gasteiger partial charge in [-0.2, -0.15) is 0 Å². The number of hydrogen-bond acceptors (Lipinski definition) is 3. The molecule has 0 aliphatic carbocycles. The first-order valence-corrected chi connectivity index (χ1v) is 7.71. The van der Waals surface area contributed by atoms with E-state index in [0.29, 0.717) is 18.7 Å². The molecule has 24 heavy (non-hydrogen) atoms. The van der Waals surface area contributed by atoms with Crippen LogP contribution in [0, 0.1) is 5.82 Å². The van der Waals surface area contributed by atoms with Crippen LogP contribution in [-0.2, 0) is 6.54 Å². The van der Waals surface area contributed by atoms with Crippen LogP contribution in [0.4, 0.5) is 4.39 Å². The van der Waals surface area contributed by atoms with E-state index in [4.69, 9.17) is 5.73 Å². The van der Waals surface area contributed by atoms with Crippen LogP contribution in [0.5, 0.6) is 0 Å². The second-order valence-corrected chi connectivity index (χ2v) is 5.26. The second-order valence-electron chi connectivity index (χ2n) is 5.26. The Morgan fingerprint density at radius 1 is 0.958 bits per heavy atom. The minimum absolute atomic E-state index is 0.00778. The first kappa shape index (κ1) is 17.6. The molecule has 2 aromatic carbocycles. The number of carbonyl (C=O) groups is 2. The van der Waals surface area contributed by atoms with E-state index in [2.05, 4.69) is 10.6 Å². The van der Waals surface area contributed by atoms with Gasteiger partial charge in [0, 0.05) is 18.7 Å². The molecule has 0 spiro atoms. The Labute approximate surface area is 140 Å². The normalized spacial score (nSPS) is 10.2. The number of amides is 2. The SMILES string of the molecule is NCCCNC(=O)c1ccc(CNC(=O)c2ccccc2F)cc1.